The van der Waals surface area contributed by atoms with Gasteiger partial charge in [-0.1, -0.05) is 38.0 Å². The number of aromatic nitrogens is 2. The van der Waals surface area contributed by atoms with E-state index in [1.54, 1.807) is 0 Å². The molecule has 2 atom stereocenters. The van der Waals surface area contributed by atoms with Gasteiger partial charge in [-0.15, -0.1) is 0 Å². The first kappa shape index (κ1) is 14.6. The van der Waals surface area contributed by atoms with Crippen molar-refractivity contribution in [3.63, 3.8) is 0 Å². The van der Waals surface area contributed by atoms with Crippen molar-refractivity contribution in [3.05, 3.63) is 30.0 Å². The third kappa shape index (κ3) is 3.29. The lowest BCUT2D eigenvalue weighted by atomic mass is 10.0. The zero-order chi connectivity index (χ0) is 14.7. The van der Waals surface area contributed by atoms with Gasteiger partial charge >= 0.3 is 0 Å². The summed E-state index contributed by atoms with van der Waals surface area (Å²) in [5, 5.41) is 9.84. The fourth-order valence-electron chi connectivity index (χ4n) is 3.50. The highest BCUT2D eigenvalue weighted by Gasteiger charge is 2.17. The quantitative estimate of drug-likeness (QED) is 0.857. The lowest BCUT2D eigenvalue weighted by Gasteiger charge is -2.15. The van der Waals surface area contributed by atoms with Gasteiger partial charge in [-0.25, -0.2) is 0 Å². The highest BCUT2D eigenvalue weighted by molar-refractivity contribution is 5.81. The van der Waals surface area contributed by atoms with E-state index < -0.39 is 0 Å². The second-order valence-electron chi connectivity index (χ2n) is 6.47. The van der Waals surface area contributed by atoms with Crippen molar-refractivity contribution in [3.8, 4) is 0 Å². The lowest BCUT2D eigenvalue weighted by molar-refractivity contribution is 0.444. The molecule has 3 nitrogen and oxygen atoms in total. The second kappa shape index (κ2) is 6.61. The van der Waals surface area contributed by atoms with E-state index in [4.69, 9.17) is 5.10 Å². The molecule has 2 unspecified atom stereocenters. The highest BCUT2D eigenvalue weighted by Crippen LogP contribution is 2.23. The minimum Gasteiger partial charge on any atom is -0.308 e. The Labute approximate surface area is 127 Å². The zero-order valence-corrected chi connectivity index (χ0v) is 13.3. The van der Waals surface area contributed by atoms with Crippen LogP contribution in [0, 0.1) is 5.92 Å². The van der Waals surface area contributed by atoms with Gasteiger partial charge in [-0.05, 0) is 38.2 Å². The Morgan fingerprint density at radius 3 is 2.90 bits per heavy atom. The van der Waals surface area contributed by atoms with E-state index in [-0.39, 0.29) is 0 Å². The van der Waals surface area contributed by atoms with E-state index >= 15 is 0 Å². The van der Waals surface area contributed by atoms with Crippen molar-refractivity contribution in [2.75, 3.05) is 0 Å². The standard InChI is InChI=1S/C18H27N3/c1-3-21-18-10-5-4-9-16(18)17(20-21)13-19-15-8-6-7-14(2)11-12-15/h4-5,9-10,14-15,19H,3,6-8,11-13H2,1-2H3. The molecular weight excluding hydrogens is 258 g/mol. The van der Waals surface area contributed by atoms with Crippen LogP contribution in [0.3, 0.4) is 0 Å². The van der Waals surface area contributed by atoms with E-state index in [2.05, 4.69) is 48.1 Å². The third-order valence-electron chi connectivity index (χ3n) is 4.85. The van der Waals surface area contributed by atoms with Gasteiger partial charge in [0.05, 0.1) is 11.2 Å². The molecule has 0 radical (unpaired) electrons. The van der Waals surface area contributed by atoms with Crippen LogP contribution in [0.4, 0.5) is 0 Å². The Balaban J connectivity index is 1.70. The maximum atomic E-state index is 4.78. The van der Waals surface area contributed by atoms with Crippen LogP contribution in [-0.4, -0.2) is 15.8 Å². The summed E-state index contributed by atoms with van der Waals surface area (Å²) >= 11 is 0. The van der Waals surface area contributed by atoms with Gasteiger partial charge in [0, 0.05) is 24.5 Å². The Morgan fingerprint density at radius 1 is 1.19 bits per heavy atom. The fourth-order valence-corrected chi connectivity index (χ4v) is 3.50. The molecule has 3 rings (SSSR count). The monoisotopic (exact) mass is 285 g/mol. The molecule has 21 heavy (non-hydrogen) atoms. The van der Waals surface area contributed by atoms with Crippen molar-refractivity contribution in [1.82, 2.24) is 15.1 Å². The highest BCUT2D eigenvalue weighted by atomic mass is 15.3. The van der Waals surface area contributed by atoms with Crippen LogP contribution in [0.1, 0.15) is 51.6 Å². The number of rotatable bonds is 4. The summed E-state index contributed by atoms with van der Waals surface area (Å²) in [6.45, 7) is 6.37. The molecule has 1 aromatic carbocycles. The van der Waals surface area contributed by atoms with Crippen LogP contribution in [0.25, 0.3) is 10.9 Å². The summed E-state index contributed by atoms with van der Waals surface area (Å²) in [6, 6.07) is 9.24. The maximum absolute atomic E-state index is 4.78. The lowest BCUT2D eigenvalue weighted by Crippen LogP contribution is -2.28. The second-order valence-corrected chi connectivity index (χ2v) is 6.47. The number of para-hydroxylation sites is 1. The van der Waals surface area contributed by atoms with Crippen molar-refractivity contribution in [1.29, 1.82) is 0 Å². The summed E-state index contributed by atoms with van der Waals surface area (Å²) in [7, 11) is 0. The molecule has 0 spiro atoms. The minimum absolute atomic E-state index is 0.667. The van der Waals surface area contributed by atoms with Crippen LogP contribution in [0.5, 0.6) is 0 Å². The third-order valence-corrected chi connectivity index (χ3v) is 4.85. The fraction of sp³-hybridized carbons (Fsp3) is 0.611. The van der Waals surface area contributed by atoms with Crippen LogP contribution in [0.15, 0.2) is 24.3 Å². The largest absolute Gasteiger partial charge is 0.308 e. The first-order valence-corrected chi connectivity index (χ1v) is 8.45. The predicted molar refractivity (Wildman–Crippen MR) is 88.3 cm³/mol. The molecule has 1 heterocycles. The number of benzene rings is 1. The molecule has 1 aromatic heterocycles. The average molecular weight is 285 g/mol. The predicted octanol–water partition coefficient (Wildman–Crippen LogP) is 4.11. The zero-order valence-electron chi connectivity index (χ0n) is 13.3. The van der Waals surface area contributed by atoms with Crippen molar-refractivity contribution in [2.24, 2.45) is 5.92 Å². The number of hydrogen-bond acceptors (Lipinski definition) is 2. The molecule has 2 aromatic rings. The van der Waals surface area contributed by atoms with Crippen molar-refractivity contribution >= 4 is 10.9 Å². The molecule has 114 valence electrons. The van der Waals surface area contributed by atoms with Crippen LogP contribution >= 0.6 is 0 Å². The van der Waals surface area contributed by atoms with Gasteiger partial charge < -0.3 is 5.32 Å². The van der Waals surface area contributed by atoms with Crippen LogP contribution in [0.2, 0.25) is 0 Å². The van der Waals surface area contributed by atoms with Crippen molar-refractivity contribution in [2.45, 2.75) is 65.1 Å². The number of fused-ring (bicyclic) bond motifs is 1. The van der Waals surface area contributed by atoms with Crippen LogP contribution in [-0.2, 0) is 13.1 Å². The molecule has 1 saturated carbocycles. The Bertz CT molecular complexity index is 587. The van der Waals surface area contributed by atoms with Gasteiger partial charge in [0.1, 0.15) is 0 Å². The van der Waals surface area contributed by atoms with E-state index in [0.29, 0.717) is 6.04 Å². The Kier molecular flexibility index (Phi) is 4.59. The van der Waals surface area contributed by atoms with E-state index in [9.17, 15) is 0 Å². The van der Waals surface area contributed by atoms with Gasteiger partial charge in [-0.2, -0.15) is 5.10 Å². The molecule has 0 saturated heterocycles. The van der Waals surface area contributed by atoms with Crippen LogP contribution < -0.4 is 5.32 Å². The minimum atomic E-state index is 0.667. The van der Waals surface area contributed by atoms with Gasteiger partial charge in [0.15, 0.2) is 0 Å². The number of hydrogen-bond donors (Lipinski definition) is 1. The summed E-state index contributed by atoms with van der Waals surface area (Å²) in [4.78, 5) is 0. The Morgan fingerprint density at radius 2 is 2.05 bits per heavy atom. The summed E-state index contributed by atoms with van der Waals surface area (Å²) < 4.78 is 2.11. The van der Waals surface area contributed by atoms with Gasteiger partial charge in [0.2, 0.25) is 0 Å². The van der Waals surface area contributed by atoms with Gasteiger partial charge in [0.25, 0.3) is 0 Å². The summed E-state index contributed by atoms with van der Waals surface area (Å²) in [5.74, 6) is 0.900. The summed E-state index contributed by atoms with van der Waals surface area (Å²) in [5.41, 5.74) is 2.45. The maximum Gasteiger partial charge on any atom is 0.0841 e. The van der Waals surface area contributed by atoms with Crippen molar-refractivity contribution < 1.29 is 0 Å². The molecule has 0 amide bonds. The molecule has 1 fully saturated rings. The number of aryl methyl sites for hydroxylation is 1. The molecule has 1 N–H and O–H groups in total. The normalized spacial score (nSPS) is 23.3. The molecular formula is C18H27N3. The smallest absolute Gasteiger partial charge is 0.0841 e. The molecule has 0 bridgehead atoms. The number of nitrogens with zero attached hydrogens (tertiary/aromatic N) is 2. The first-order valence-electron chi connectivity index (χ1n) is 8.45. The van der Waals surface area contributed by atoms with Gasteiger partial charge in [-0.3, -0.25) is 4.68 Å². The first-order chi connectivity index (χ1) is 10.3. The summed E-state index contributed by atoms with van der Waals surface area (Å²) in [6.07, 6.45) is 6.75. The van der Waals surface area contributed by atoms with E-state index in [0.717, 1.165) is 19.0 Å². The molecule has 1 aliphatic carbocycles. The number of nitrogens with one attached hydrogen (secondary N) is 1. The topological polar surface area (TPSA) is 29.9 Å². The molecule has 0 aliphatic heterocycles. The molecule has 3 heteroatoms. The van der Waals surface area contributed by atoms with E-state index in [1.807, 2.05) is 0 Å². The van der Waals surface area contributed by atoms with E-state index in [1.165, 1.54) is 48.7 Å². The molecule has 1 aliphatic rings. The average Bonchev–Trinajstić information content (AvgIpc) is 2.74. The SMILES string of the molecule is CCn1nc(CNC2CCCC(C)CC2)c2ccccc21. The Hall–Kier alpha value is -1.35.